The van der Waals surface area contributed by atoms with Crippen LogP contribution in [0.1, 0.15) is 42.7 Å². The molecule has 1 aromatic rings. The topological polar surface area (TPSA) is 71.8 Å². The molecular formula is C11H17N5O. The maximum absolute atomic E-state index is 12.0. The highest BCUT2D eigenvalue weighted by Gasteiger charge is 2.34. The lowest BCUT2D eigenvalue weighted by atomic mass is 9.78. The van der Waals surface area contributed by atoms with Crippen LogP contribution >= 0.6 is 0 Å². The first kappa shape index (κ1) is 10.7. The summed E-state index contributed by atoms with van der Waals surface area (Å²) in [6.45, 7) is 3.89. The van der Waals surface area contributed by atoms with E-state index in [1.54, 1.807) is 10.9 Å². The van der Waals surface area contributed by atoms with E-state index in [0.717, 1.165) is 25.9 Å². The van der Waals surface area contributed by atoms with Gasteiger partial charge in [0.1, 0.15) is 0 Å². The second-order valence-corrected chi connectivity index (χ2v) is 5.26. The van der Waals surface area contributed by atoms with Crippen molar-refractivity contribution in [3.8, 4) is 0 Å². The van der Waals surface area contributed by atoms with Crippen LogP contribution in [-0.2, 0) is 0 Å². The van der Waals surface area contributed by atoms with Crippen molar-refractivity contribution in [2.45, 2.75) is 37.8 Å². The van der Waals surface area contributed by atoms with Crippen LogP contribution in [0.4, 0.5) is 0 Å². The van der Waals surface area contributed by atoms with Gasteiger partial charge in [0.25, 0.3) is 5.91 Å². The van der Waals surface area contributed by atoms with Crippen LogP contribution in [0.3, 0.4) is 0 Å². The number of carbonyl (C=O) groups excluding carboxylic acids is 1. The first-order valence-corrected chi connectivity index (χ1v) is 6.11. The molecule has 17 heavy (non-hydrogen) atoms. The minimum absolute atomic E-state index is 0.0289. The predicted molar refractivity (Wildman–Crippen MR) is 61.7 cm³/mol. The third kappa shape index (κ3) is 1.93. The van der Waals surface area contributed by atoms with Gasteiger partial charge in [0.2, 0.25) is 0 Å². The van der Waals surface area contributed by atoms with Crippen molar-refractivity contribution < 1.29 is 4.79 Å². The number of hydrogen-bond donors (Lipinski definition) is 2. The van der Waals surface area contributed by atoms with E-state index in [1.165, 1.54) is 6.42 Å². The van der Waals surface area contributed by atoms with Crippen LogP contribution in [0, 0.1) is 0 Å². The number of hydrogen-bond acceptors (Lipinski definition) is 4. The van der Waals surface area contributed by atoms with E-state index >= 15 is 0 Å². The summed E-state index contributed by atoms with van der Waals surface area (Å²) in [7, 11) is 0. The number of nitrogens with zero attached hydrogens (tertiary/aromatic N) is 3. The monoisotopic (exact) mass is 235 g/mol. The molecule has 1 aliphatic heterocycles. The molecule has 2 aliphatic rings. The lowest BCUT2D eigenvalue weighted by Crippen LogP contribution is -2.51. The molecule has 1 aromatic heterocycles. The Morgan fingerprint density at radius 2 is 2.35 bits per heavy atom. The molecule has 0 radical (unpaired) electrons. The molecule has 2 N–H and O–H groups in total. The SMILES string of the molecule is CC1(NC(=O)c2cn(C3CNC3)nn2)CCC1. The van der Waals surface area contributed by atoms with Gasteiger partial charge < -0.3 is 10.6 Å². The Balaban J connectivity index is 1.66. The molecule has 6 nitrogen and oxygen atoms in total. The Morgan fingerprint density at radius 1 is 1.59 bits per heavy atom. The molecule has 2 heterocycles. The van der Waals surface area contributed by atoms with E-state index in [-0.39, 0.29) is 11.4 Å². The van der Waals surface area contributed by atoms with E-state index in [0.29, 0.717) is 11.7 Å². The summed E-state index contributed by atoms with van der Waals surface area (Å²) < 4.78 is 1.77. The largest absolute Gasteiger partial charge is 0.345 e. The lowest BCUT2D eigenvalue weighted by molar-refractivity contribution is 0.0845. The molecule has 3 rings (SSSR count). The zero-order valence-electron chi connectivity index (χ0n) is 9.94. The summed E-state index contributed by atoms with van der Waals surface area (Å²) >= 11 is 0. The average Bonchev–Trinajstić information content (AvgIpc) is 2.61. The highest BCUT2D eigenvalue weighted by Crippen LogP contribution is 2.31. The first-order valence-electron chi connectivity index (χ1n) is 6.11. The van der Waals surface area contributed by atoms with Crippen molar-refractivity contribution in [2.24, 2.45) is 0 Å². The smallest absolute Gasteiger partial charge is 0.273 e. The fraction of sp³-hybridized carbons (Fsp3) is 0.727. The summed E-state index contributed by atoms with van der Waals surface area (Å²) in [5.74, 6) is -0.106. The summed E-state index contributed by atoms with van der Waals surface area (Å²) in [5, 5.41) is 14.1. The standard InChI is InChI=1S/C11H17N5O/c1-11(3-2-4-11)13-10(17)9-7-16(15-14-9)8-5-12-6-8/h7-8,12H,2-6H2,1H3,(H,13,17). The van der Waals surface area contributed by atoms with Crippen LogP contribution < -0.4 is 10.6 Å². The highest BCUT2D eigenvalue weighted by molar-refractivity contribution is 5.92. The Labute approximate surface area is 99.8 Å². The minimum Gasteiger partial charge on any atom is -0.345 e. The van der Waals surface area contributed by atoms with E-state index < -0.39 is 0 Å². The van der Waals surface area contributed by atoms with Gasteiger partial charge >= 0.3 is 0 Å². The minimum atomic E-state index is -0.106. The van der Waals surface area contributed by atoms with Gasteiger partial charge in [0.05, 0.1) is 12.2 Å². The number of carbonyl (C=O) groups is 1. The Morgan fingerprint density at radius 3 is 2.88 bits per heavy atom. The van der Waals surface area contributed by atoms with E-state index in [9.17, 15) is 4.79 Å². The fourth-order valence-electron chi connectivity index (χ4n) is 2.19. The molecule has 1 saturated carbocycles. The zero-order valence-corrected chi connectivity index (χ0v) is 9.94. The van der Waals surface area contributed by atoms with E-state index in [4.69, 9.17) is 0 Å². The molecule has 1 amide bonds. The van der Waals surface area contributed by atoms with E-state index in [2.05, 4.69) is 27.9 Å². The molecule has 1 saturated heterocycles. The summed E-state index contributed by atoms with van der Waals surface area (Å²) in [4.78, 5) is 12.0. The van der Waals surface area contributed by atoms with Gasteiger partial charge in [-0.05, 0) is 26.2 Å². The second-order valence-electron chi connectivity index (χ2n) is 5.26. The second kappa shape index (κ2) is 3.80. The molecule has 0 unspecified atom stereocenters. The van der Waals surface area contributed by atoms with Crippen molar-refractivity contribution in [3.05, 3.63) is 11.9 Å². The number of nitrogens with one attached hydrogen (secondary N) is 2. The molecule has 0 spiro atoms. The van der Waals surface area contributed by atoms with Gasteiger partial charge in [-0.15, -0.1) is 5.10 Å². The van der Waals surface area contributed by atoms with Gasteiger partial charge in [0.15, 0.2) is 5.69 Å². The molecule has 2 fully saturated rings. The molecule has 6 heteroatoms. The number of rotatable bonds is 3. The van der Waals surface area contributed by atoms with Crippen LogP contribution in [0.25, 0.3) is 0 Å². The summed E-state index contributed by atoms with van der Waals surface area (Å²) in [6, 6.07) is 0.350. The van der Waals surface area contributed by atoms with E-state index in [1.807, 2.05) is 0 Å². The average molecular weight is 235 g/mol. The van der Waals surface area contributed by atoms with Crippen molar-refractivity contribution in [2.75, 3.05) is 13.1 Å². The normalized spacial score (nSPS) is 22.6. The van der Waals surface area contributed by atoms with Gasteiger partial charge in [-0.1, -0.05) is 5.21 Å². The zero-order chi connectivity index (χ0) is 11.9. The van der Waals surface area contributed by atoms with Gasteiger partial charge in [-0.3, -0.25) is 4.79 Å². The molecular weight excluding hydrogens is 218 g/mol. The number of amides is 1. The highest BCUT2D eigenvalue weighted by atomic mass is 16.2. The predicted octanol–water partition coefficient (Wildman–Crippen LogP) is 0.0948. The molecule has 0 aromatic carbocycles. The fourth-order valence-corrected chi connectivity index (χ4v) is 2.19. The quantitative estimate of drug-likeness (QED) is 0.779. The summed E-state index contributed by atoms with van der Waals surface area (Å²) in [6.07, 6.45) is 5.04. The Hall–Kier alpha value is -1.43. The Bertz CT molecular complexity index is 433. The van der Waals surface area contributed by atoms with Gasteiger partial charge in [-0.25, -0.2) is 4.68 Å². The van der Waals surface area contributed by atoms with Crippen molar-refractivity contribution in [1.29, 1.82) is 0 Å². The van der Waals surface area contributed by atoms with Crippen molar-refractivity contribution >= 4 is 5.91 Å². The maximum Gasteiger partial charge on any atom is 0.273 e. The molecule has 92 valence electrons. The molecule has 0 atom stereocenters. The first-order chi connectivity index (χ1) is 8.16. The van der Waals surface area contributed by atoms with Crippen molar-refractivity contribution in [1.82, 2.24) is 25.6 Å². The van der Waals surface area contributed by atoms with Crippen LogP contribution in [-0.4, -0.2) is 39.5 Å². The van der Waals surface area contributed by atoms with Crippen LogP contribution in [0.5, 0.6) is 0 Å². The van der Waals surface area contributed by atoms with Gasteiger partial charge in [-0.2, -0.15) is 0 Å². The maximum atomic E-state index is 12.0. The van der Waals surface area contributed by atoms with Crippen LogP contribution in [0.15, 0.2) is 6.20 Å². The summed E-state index contributed by atoms with van der Waals surface area (Å²) in [5.41, 5.74) is 0.392. The Kier molecular flexibility index (Phi) is 2.39. The molecule has 1 aliphatic carbocycles. The molecule has 0 bridgehead atoms. The van der Waals surface area contributed by atoms with Crippen LogP contribution in [0.2, 0.25) is 0 Å². The number of aromatic nitrogens is 3. The third-order valence-corrected chi connectivity index (χ3v) is 3.75. The van der Waals surface area contributed by atoms with Crippen molar-refractivity contribution in [3.63, 3.8) is 0 Å². The third-order valence-electron chi connectivity index (χ3n) is 3.75. The lowest BCUT2D eigenvalue weighted by Gasteiger charge is -2.38. The van der Waals surface area contributed by atoms with Gasteiger partial charge in [0, 0.05) is 18.6 Å².